The molecule has 20 heavy (non-hydrogen) atoms. The molecule has 0 bridgehead atoms. The summed E-state index contributed by atoms with van der Waals surface area (Å²) in [6.45, 7) is 0. The van der Waals surface area contributed by atoms with E-state index < -0.39 is 0 Å². The fourth-order valence-corrected chi connectivity index (χ4v) is 2.36. The van der Waals surface area contributed by atoms with Gasteiger partial charge >= 0.3 is 0 Å². The van der Waals surface area contributed by atoms with Crippen molar-refractivity contribution in [2.24, 2.45) is 0 Å². The molecule has 98 valence electrons. The van der Waals surface area contributed by atoms with Crippen molar-refractivity contribution in [1.82, 2.24) is 9.36 Å². The number of nitrogens with zero attached hydrogens (tertiary/aromatic N) is 2. The van der Waals surface area contributed by atoms with Crippen molar-refractivity contribution >= 4 is 23.4 Å². The zero-order valence-corrected chi connectivity index (χ0v) is 11.3. The third kappa shape index (κ3) is 2.73. The summed E-state index contributed by atoms with van der Waals surface area (Å²) in [6.07, 6.45) is 0. The van der Waals surface area contributed by atoms with Crippen molar-refractivity contribution in [3.8, 4) is 10.6 Å². The smallest absolute Gasteiger partial charge is 0.258 e. The summed E-state index contributed by atoms with van der Waals surface area (Å²) >= 11 is 1.26. The summed E-state index contributed by atoms with van der Waals surface area (Å²) in [5.41, 5.74) is 1.58. The van der Waals surface area contributed by atoms with E-state index in [1.54, 1.807) is 12.1 Å². The Balaban J connectivity index is 1.77. The maximum atomic E-state index is 12.0. The summed E-state index contributed by atoms with van der Waals surface area (Å²) in [6, 6.07) is 18.8. The molecule has 4 nitrogen and oxygen atoms in total. The number of anilines is 1. The Morgan fingerprint density at radius 3 is 2.30 bits per heavy atom. The third-order valence-corrected chi connectivity index (χ3v) is 3.47. The highest BCUT2D eigenvalue weighted by atomic mass is 32.1. The van der Waals surface area contributed by atoms with Gasteiger partial charge in [-0.15, -0.1) is 0 Å². The second-order valence-corrected chi connectivity index (χ2v) is 4.86. The molecule has 3 aromatic rings. The molecule has 3 rings (SSSR count). The van der Waals surface area contributed by atoms with E-state index in [4.69, 9.17) is 0 Å². The molecule has 1 heterocycles. The van der Waals surface area contributed by atoms with Crippen LogP contribution in [-0.4, -0.2) is 15.3 Å². The Morgan fingerprint density at radius 2 is 1.60 bits per heavy atom. The molecule has 0 aliphatic heterocycles. The Morgan fingerprint density at radius 1 is 0.950 bits per heavy atom. The summed E-state index contributed by atoms with van der Waals surface area (Å²) in [7, 11) is 0. The fraction of sp³-hybridized carbons (Fsp3) is 0. The van der Waals surface area contributed by atoms with E-state index in [0.29, 0.717) is 11.5 Å². The van der Waals surface area contributed by atoms with Crippen LogP contribution in [0.25, 0.3) is 10.6 Å². The van der Waals surface area contributed by atoms with Gasteiger partial charge in [-0.25, -0.2) is 0 Å². The Bertz CT molecular complexity index is 710. The molecule has 0 radical (unpaired) electrons. The summed E-state index contributed by atoms with van der Waals surface area (Å²) in [4.78, 5) is 16.3. The van der Waals surface area contributed by atoms with Crippen LogP contribution in [0, 0.1) is 0 Å². The van der Waals surface area contributed by atoms with E-state index in [9.17, 15) is 4.79 Å². The SMILES string of the molecule is O=C(Nc1nsc(-c2ccccc2)n1)c1ccccc1. The molecule has 0 aliphatic carbocycles. The standard InChI is InChI=1S/C15H11N3OS/c19-13(11-7-3-1-4-8-11)16-15-17-14(20-18-15)12-9-5-2-6-10-12/h1-10H,(H,16,18,19). The predicted octanol–water partition coefficient (Wildman–Crippen LogP) is 3.46. The number of rotatable bonds is 3. The maximum Gasteiger partial charge on any atom is 0.258 e. The van der Waals surface area contributed by atoms with E-state index in [0.717, 1.165) is 10.6 Å². The summed E-state index contributed by atoms with van der Waals surface area (Å²) in [5.74, 6) is 0.130. The molecule has 0 saturated heterocycles. The molecule has 2 aromatic carbocycles. The molecule has 0 aliphatic rings. The Hall–Kier alpha value is -2.53. The van der Waals surface area contributed by atoms with Crippen LogP contribution >= 0.6 is 11.5 Å². The van der Waals surface area contributed by atoms with Gasteiger partial charge in [0.25, 0.3) is 5.91 Å². The highest BCUT2D eigenvalue weighted by Crippen LogP contribution is 2.22. The van der Waals surface area contributed by atoms with Crippen molar-refractivity contribution in [2.75, 3.05) is 5.32 Å². The van der Waals surface area contributed by atoms with Gasteiger partial charge in [0.15, 0.2) is 0 Å². The van der Waals surface area contributed by atoms with Crippen LogP contribution in [0.2, 0.25) is 0 Å². The van der Waals surface area contributed by atoms with E-state index in [1.807, 2.05) is 48.5 Å². The van der Waals surface area contributed by atoms with Gasteiger partial charge in [0.2, 0.25) is 5.95 Å². The van der Waals surface area contributed by atoms with Crippen LogP contribution in [0.1, 0.15) is 10.4 Å². The molecule has 0 saturated carbocycles. The lowest BCUT2D eigenvalue weighted by Gasteiger charge is -1.99. The van der Waals surface area contributed by atoms with Crippen molar-refractivity contribution in [1.29, 1.82) is 0 Å². The van der Waals surface area contributed by atoms with Gasteiger partial charge in [0.1, 0.15) is 5.01 Å². The fourth-order valence-electron chi connectivity index (χ4n) is 1.74. The zero-order chi connectivity index (χ0) is 13.8. The van der Waals surface area contributed by atoms with Crippen molar-refractivity contribution in [3.63, 3.8) is 0 Å². The number of carbonyl (C=O) groups excluding carboxylic acids is 1. The average molecular weight is 281 g/mol. The number of hydrogen-bond donors (Lipinski definition) is 1. The molecule has 5 heteroatoms. The Kier molecular flexibility index (Phi) is 3.52. The average Bonchev–Trinajstić information content (AvgIpc) is 2.97. The summed E-state index contributed by atoms with van der Waals surface area (Å²) < 4.78 is 4.16. The first-order valence-electron chi connectivity index (χ1n) is 6.08. The molecule has 1 aromatic heterocycles. The van der Waals surface area contributed by atoms with Crippen LogP contribution in [0.5, 0.6) is 0 Å². The highest BCUT2D eigenvalue weighted by Gasteiger charge is 2.10. The van der Waals surface area contributed by atoms with Gasteiger partial charge in [-0.2, -0.15) is 9.36 Å². The quantitative estimate of drug-likeness (QED) is 0.800. The first-order valence-corrected chi connectivity index (χ1v) is 6.86. The molecular weight excluding hydrogens is 270 g/mol. The molecule has 0 fully saturated rings. The lowest BCUT2D eigenvalue weighted by Crippen LogP contribution is -2.12. The minimum Gasteiger partial charge on any atom is -0.290 e. The van der Waals surface area contributed by atoms with E-state index in [2.05, 4.69) is 14.7 Å². The van der Waals surface area contributed by atoms with Gasteiger partial charge in [-0.3, -0.25) is 10.1 Å². The normalized spacial score (nSPS) is 10.2. The lowest BCUT2D eigenvalue weighted by molar-refractivity contribution is 0.102. The molecule has 0 spiro atoms. The molecule has 0 atom stereocenters. The largest absolute Gasteiger partial charge is 0.290 e. The number of hydrogen-bond acceptors (Lipinski definition) is 4. The van der Waals surface area contributed by atoms with Crippen LogP contribution in [-0.2, 0) is 0 Å². The minimum absolute atomic E-state index is 0.206. The van der Waals surface area contributed by atoms with Crippen molar-refractivity contribution in [3.05, 3.63) is 66.2 Å². The van der Waals surface area contributed by atoms with Crippen molar-refractivity contribution in [2.45, 2.75) is 0 Å². The van der Waals surface area contributed by atoms with Crippen LogP contribution < -0.4 is 5.32 Å². The summed E-state index contributed by atoms with van der Waals surface area (Å²) in [5, 5.41) is 3.48. The second kappa shape index (κ2) is 5.63. The van der Waals surface area contributed by atoms with E-state index in [1.165, 1.54) is 11.5 Å². The number of nitrogens with one attached hydrogen (secondary N) is 1. The number of benzene rings is 2. The predicted molar refractivity (Wildman–Crippen MR) is 79.7 cm³/mol. The monoisotopic (exact) mass is 281 g/mol. The molecule has 0 unspecified atom stereocenters. The third-order valence-electron chi connectivity index (χ3n) is 2.71. The maximum absolute atomic E-state index is 12.0. The van der Waals surface area contributed by atoms with Crippen molar-refractivity contribution < 1.29 is 4.79 Å². The number of carbonyl (C=O) groups is 1. The molecule has 1 N–H and O–H groups in total. The number of amides is 1. The van der Waals surface area contributed by atoms with Gasteiger partial charge < -0.3 is 0 Å². The zero-order valence-electron chi connectivity index (χ0n) is 10.5. The minimum atomic E-state index is -0.206. The van der Waals surface area contributed by atoms with E-state index >= 15 is 0 Å². The first kappa shape index (κ1) is 12.5. The van der Waals surface area contributed by atoms with Crippen LogP contribution in [0.3, 0.4) is 0 Å². The lowest BCUT2D eigenvalue weighted by atomic mass is 10.2. The van der Waals surface area contributed by atoms with Gasteiger partial charge in [-0.1, -0.05) is 48.5 Å². The Labute approximate surface area is 120 Å². The molecular formula is C15H11N3OS. The van der Waals surface area contributed by atoms with E-state index in [-0.39, 0.29) is 5.91 Å². The number of aromatic nitrogens is 2. The molecule has 1 amide bonds. The van der Waals surface area contributed by atoms with Crippen LogP contribution in [0.15, 0.2) is 60.7 Å². The van der Waals surface area contributed by atoms with Gasteiger partial charge in [-0.05, 0) is 23.7 Å². The highest BCUT2D eigenvalue weighted by molar-refractivity contribution is 7.09. The second-order valence-electron chi connectivity index (χ2n) is 4.11. The van der Waals surface area contributed by atoms with Gasteiger partial charge in [0, 0.05) is 11.1 Å². The van der Waals surface area contributed by atoms with Crippen LogP contribution in [0.4, 0.5) is 5.95 Å². The topological polar surface area (TPSA) is 54.9 Å². The van der Waals surface area contributed by atoms with Gasteiger partial charge in [0.05, 0.1) is 0 Å². The first-order chi connectivity index (χ1) is 9.83.